The van der Waals surface area contributed by atoms with E-state index in [9.17, 15) is 5.11 Å². The van der Waals surface area contributed by atoms with Crippen LogP contribution in [0.5, 0.6) is 0 Å². The predicted molar refractivity (Wildman–Crippen MR) is 76.4 cm³/mol. The van der Waals surface area contributed by atoms with Crippen LogP contribution in [0.4, 0.5) is 0 Å². The molecule has 110 valence electrons. The number of aliphatic hydroxyl groups excluding tert-OH is 1. The lowest BCUT2D eigenvalue weighted by Gasteiger charge is -2.09. The summed E-state index contributed by atoms with van der Waals surface area (Å²) in [4.78, 5) is 0. The van der Waals surface area contributed by atoms with Crippen molar-refractivity contribution in [2.24, 2.45) is 0 Å². The number of aromatic amines is 1. The van der Waals surface area contributed by atoms with Crippen LogP contribution in [0.25, 0.3) is 11.5 Å². The molecule has 3 aromatic rings. The molecule has 1 unspecified atom stereocenters. The number of furan rings is 2. The number of nitrogens with one attached hydrogen (secondary N) is 2. The molecule has 6 nitrogen and oxygen atoms in total. The summed E-state index contributed by atoms with van der Waals surface area (Å²) in [6, 6.07) is 7.32. The van der Waals surface area contributed by atoms with Crippen LogP contribution in [0.1, 0.15) is 23.2 Å². The van der Waals surface area contributed by atoms with Crippen molar-refractivity contribution in [3.8, 4) is 11.5 Å². The summed E-state index contributed by atoms with van der Waals surface area (Å²) in [6.07, 6.45) is 2.63. The SMILES string of the molecule is Cc1ccc(-c2[nH]ncc2CNCC(O)c2ccco2)o1. The third kappa shape index (κ3) is 3.07. The van der Waals surface area contributed by atoms with Crippen LogP contribution in [0.15, 0.2) is 45.6 Å². The molecule has 0 aromatic carbocycles. The van der Waals surface area contributed by atoms with Crippen molar-refractivity contribution in [3.63, 3.8) is 0 Å². The fourth-order valence-corrected chi connectivity index (χ4v) is 2.15. The first kappa shape index (κ1) is 13.7. The molecule has 6 heteroatoms. The summed E-state index contributed by atoms with van der Waals surface area (Å²) in [5.41, 5.74) is 1.83. The highest BCUT2D eigenvalue weighted by Gasteiger charge is 2.13. The van der Waals surface area contributed by atoms with Crippen molar-refractivity contribution in [1.82, 2.24) is 15.5 Å². The number of hydrogen-bond donors (Lipinski definition) is 3. The summed E-state index contributed by atoms with van der Waals surface area (Å²) in [5.74, 6) is 2.16. The van der Waals surface area contributed by atoms with E-state index in [0.29, 0.717) is 18.8 Å². The van der Waals surface area contributed by atoms with Crippen molar-refractivity contribution < 1.29 is 13.9 Å². The molecule has 0 bridgehead atoms. The predicted octanol–water partition coefficient (Wildman–Crippen LogP) is 2.39. The van der Waals surface area contributed by atoms with E-state index < -0.39 is 6.10 Å². The van der Waals surface area contributed by atoms with Gasteiger partial charge in [-0.25, -0.2) is 0 Å². The van der Waals surface area contributed by atoms with Crippen LogP contribution in [-0.4, -0.2) is 21.8 Å². The van der Waals surface area contributed by atoms with E-state index >= 15 is 0 Å². The number of aliphatic hydroxyl groups is 1. The van der Waals surface area contributed by atoms with Gasteiger partial charge in [0, 0.05) is 18.7 Å². The Hall–Kier alpha value is -2.31. The second-order valence-corrected chi connectivity index (χ2v) is 4.84. The molecule has 0 spiro atoms. The van der Waals surface area contributed by atoms with Crippen LogP contribution < -0.4 is 5.32 Å². The molecule has 3 aromatic heterocycles. The number of aryl methyl sites for hydroxylation is 1. The van der Waals surface area contributed by atoms with E-state index in [-0.39, 0.29) is 0 Å². The van der Waals surface area contributed by atoms with Crippen LogP contribution in [0.2, 0.25) is 0 Å². The lowest BCUT2D eigenvalue weighted by molar-refractivity contribution is 0.147. The van der Waals surface area contributed by atoms with Crippen molar-refractivity contribution >= 4 is 0 Å². The van der Waals surface area contributed by atoms with Gasteiger partial charge in [-0.15, -0.1) is 0 Å². The highest BCUT2D eigenvalue weighted by Crippen LogP contribution is 2.23. The molecule has 0 aliphatic carbocycles. The third-order valence-corrected chi connectivity index (χ3v) is 3.23. The summed E-state index contributed by atoms with van der Waals surface area (Å²) in [5, 5.41) is 20.1. The summed E-state index contributed by atoms with van der Waals surface area (Å²) < 4.78 is 10.7. The Morgan fingerprint density at radius 2 is 2.29 bits per heavy atom. The Labute approximate surface area is 121 Å². The molecule has 0 aliphatic heterocycles. The van der Waals surface area contributed by atoms with Gasteiger partial charge >= 0.3 is 0 Å². The zero-order valence-corrected chi connectivity index (χ0v) is 11.7. The lowest BCUT2D eigenvalue weighted by Crippen LogP contribution is -2.20. The fraction of sp³-hybridized carbons (Fsp3) is 0.267. The molecule has 3 N–H and O–H groups in total. The Kier molecular flexibility index (Phi) is 3.89. The van der Waals surface area contributed by atoms with Gasteiger partial charge in [-0.3, -0.25) is 5.10 Å². The Morgan fingerprint density at radius 3 is 3.00 bits per heavy atom. The highest BCUT2D eigenvalue weighted by molar-refractivity contribution is 5.56. The first-order valence-electron chi connectivity index (χ1n) is 6.75. The van der Waals surface area contributed by atoms with Gasteiger partial charge in [0.1, 0.15) is 23.3 Å². The van der Waals surface area contributed by atoms with Gasteiger partial charge in [-0.2, -0.15) is 5.10 Å². The average molecular weight is 287 g/mol. The Morgan fingerprint density at radius 1 is 1.38 bits per heavy atom. The van der Waals surface area contributed by atoms with Crippen LogP contribution in [-0.2, 0) is 6.54 Å². The smallest absolute Gasteiger partial charge is 0.152 e. The molecule has 1 atom stereocenters. The number of hydrogen-bond acceptors (Lipinski definition) is 5. The maximum Gasteiger partial charge on any atom is 0.152 e. The highest BCUT2D eigenvalue weighted by atomic mass is 16.4. The zero-order valence-electron chi connectivity index (χ0n) is 11.7. The summed E-state index contributed by atoms with van der Waals surface area (Å²) in [6.45, 7) is 2.87. The third-order valence-electron chi connectivity index (χ3n) is 3.23. The lowest BCUT2D eigenvalue weighted by atomic mass is 10.2. The van der Waals surface area contributed by atoms with E-state index in [4.69, 9.17) is 8.83 Å². The van der Waals surface area contributed by atoms with Gasteiger partial charge in [0.15, 0.2) is 5.76 Å². The van der Waals surface area contributed by atoms with Crippen molar-refractivity contribution in [2.45, 2.75) is 19.6 Å². The first-order chi connectivity index (χ1) is 10.2. The van der Waals surface area contributed by atoms with E-state index in [1.807, 2.05) is 19.1 Å². The second-order valence-electron chi connectivity index (χ2n) is 4.84. The minimum absolute atomic E-state index is 0.398. The minimum Gasteiger partial charge on any atom is -0.467 e. The minimum atomic E-state index is -0.666. The molecule has 0 saturated heterocycles. The largest absolute Gasteiger partial charge is 0.467 e. The average Bonchev–Trinajstić information content (AvgIpc) is 3.19. The van der Waals surface area contributed by atoms with Crippen LogP contribution in [0.3, 0.4) is 0 Å². The Bertz CT molecular complexity index is 685. The van der Waals surface area contributed by atoms with Gasteiger partial charge in [-0.05, 0) is 31.2 Å². The van der Waals surface area contributed by atoms with E-state index in [1.54, 1.807) is 24.6 Å². The molecule has 0 radical (unpaired) electrons. The quantitative estimate of drug-likeness (QED) is 0.648. The zero-order chi connectivity index (χ0) is 14.7. The van der Waals surface area contributed by atoms with E-state index in [1.165, 1.54) is 0 Å². The molecular weight excluding hydrogens is 270 g/mol. The number of aromatic nitrogens is 2. The molecule has 0 fully saturated rings. The molecule has 3 rings (SSSR count). The molecular formula is C15H17N3O3. The van der Waals surface area contributed by atoms with Crippen molar-refractivity contribution in [2.75, 3.05) is 6.54 Å². The monoisotopic (exact) mass is 287 g/mol. The number of rotatable bonds is 6. The molecule has 3 heterocycles. The summed E-state index contributed by atoms with van der Waals surface area (Å²) >= 11 is 0. The Balaban J connectivity index is 1.60. The fourth-order valence-electron chi connectivity index (χ4n) is 2.15. The topological polar surface area (TPSA) is 87.2 Å². The molecule has 21 heavy (non-hydrogen) atoms. The molecule has 0 amide bonds. The van der Waals surface area contributed by atoms with Gasteiger partial charge in [-0.1, -0.05) is 0 Å². The van der Waals surface area contributed by atoms with Crippen LogP contribution in [0, 0.1) is 6.92 Å². The number of H-pyrrole nitrogens is 1. The van der Waals surface area contributed by atoms with Gasteiger partial charge < -0.3 is 19.3 Å². The summed E-state index contributed by atoms with van der Waals surface area (Å²) in [7, 11) is 0. The van der Waals surface area contributed by atoms with Gasteiger partial charge in [0.25, 0.3) is 0 Å². The maximum absolute atomic E-state index is 9.93. The van der Waals surface area contributed by atoms with Crippen molar-refractivity contribution in [3.05, 3.63) is 53.8 Å². The molecule has 0 aliphatic rings. The van der Waals surface area contributed by atoms with Gasteiger partial charge in [0.05, 0.1) is 12.5 Å². The second kappa shape index (κ2) is 5.99. The normalized spacial score (nSPS) is 12.7. The van der Waals surface area contributed by atoms with E-state index in [0.717, 1.165) is 22.8 Å². The first-order valence-corrected chi connectivity index (χ1v) is 6.75. The van der Waals surface area contributed by atoms with Crippen LogP contribution >= 0.6 is 0 Å². The van der Waals surface area contributed by atoms with E-state index in [2.05, 4.69) is 15.5 Å². The molecule has 0 saturated carbocycles. The standard InChI is InChI=1S/C15H17N3O3/c1-10-4-5-14(21-10)15-11(8-17-18-15)7-16-9-12(19)13-3-2-6-20-13/h2-6,8,12,16,19H,7,9H2,1H3,(H,17,18). The number of nitrogens with zero attached hydrogens (tertiary/aromatic N) is 1. The maximum atomic E-state index is 9.93. The van der Waals surface area contributed by atoms with Gasteiger partial charge in [0.2, 0.25) is 0 Å². The van der Waals surface area contributed by atoms with Crippen molar-refractivity contribution in [1.29, 1.82) is 0 Å².